The lowest BCUT2D eigenvalue weighted by atomic mass is 9.96. The Balaban J connectivity index is 1.54. The minimum atomic E-state index is -4.68. The van der Waals surface area contributed by atoms with Crippen LogP contribution >= 0.6 is 11.3 Å². The topological polar surface area (TPSA) is 132 Å². The van der Waals surface area contributed by atoms with Crippen LogP contribution in [0.2, 0.25) is 0 Å². The summed E-state index contributed by atoms with van der Waals surface area (Å²) >= 11 is 0.694. The van der Waals surface area contributed by atoms with Gasteiger partial charge in [0.25, 0.3) is 5.91 Å². The monoisotopic (exact) mass is 639 g/mol. The predicted octanol–water partition coefficient (Wildman–Crippen LogP) is 3.62. The highest BCUT2D eigenvalue weighted by Gasteiger charge is 2.35. The highest BCUT2D eigenvalue weighted by Crippen LogP contribution is 2.32. The third-order valence-corrected chi connectivity index (χ3v) is 7.51. The van der Waals surface area contributed by atoms with Crippen molar-refractivity contribution in [2.45, 2.75) is 44.2 Å². The average Bonchev–Trinajstić information content (AvgIpc) is 3.46. The third kappa shape index (κ3) is 8.43. The molecule has 0 unspecified atom stereocenters. The van der Waals surface area contributed by atoms with Crippen molar-refractivity contribution >= 4 is 38.8 Å². The molecule has 42 heavy (non-hydrogen) atoms. The number of nitrogens with one attached hydrogen (secondary N) is 2. The van der Waals surface area contributed by atoms with Gasteiger partial charge in [0.2, 0.25) is 5.91 Å². The average molecular weight is 640 g/mol. The van der Waals surface area contributed by atoms with Gasteiger partial charge in [-0.25, -0.2) is 18.1 Å². The third-order valence-electron chi connectivity index (χ3n) is 5.89. The van der Waals surface area contributed by atoms with Crippen LogP contribution < -0.4 is 15.4 Å². The van der Waals surface area contributed by atoms with Crippen LogP contribution in [0.5, 0.6) is 5.75 Å². The lowest BCUT2D eigenvalue weighted by Crippen LogP contribution is -2.41. The number of benzene rings is 1. The maximum Gasteiger partial charge on any atom is 0.434 e. The summed E-state index contributed by atoms with van der Waals surface area (Å²) in [4.78, 5) is 29.1. The Bertz CT molecular complexity index is 1580. The molecule has 0 spiro atoms. The number of aromatic nitrogens is 3. The lowest BCUT2D eigenvalue weighted by molar-refractivity contribution is -0.153. The zero-order chi connectivity index (χ0) is 30.9. The molecule has 2 amide bonds. The van der Waals surface area contributed by atoms with E-state index in [4.69, 9.17) is 4.74 Å². The molecule has 1 aliphatic heterocycles. The molecule has 0 bridgehead atoms. The minimum absolute atomic E-state index is 0.0228. The van der Waals surface area contributed by atoms with Crippen LogP contribution in [0.25, 0.3) is 0 Å². The van der Waals surface area contributed by atoms with Crippen molar-refractivity contribution in [3.8, 4) is 5.75 Å². The number of aryl methyl sites for hydroxylation is 1. The van der Waals surface area contributed by atoms with Gasteiger partial charge in [0.1, 0.15) is 27.9 Å². The molecule has 3 aromatic rings. The van der Waals surface area contributed by atoms with E-state index in [1.54, 1.807) is 6.07 Å². The molecule has 2 aromatic heterocycles. The van der Waals surface area contributed by atoms with E-state index in [1.165, 1.54) is 18.2 Å². The highest BCUT2D eigenvalue weighted by molar-refractivity contribution is 7.91. The minimum Gasteiger partial charge on any atom is -0.484 e. The van der Waals surface area contributed by atoms with Gasteiger partial charge in [-0.1, -0.05) is 12.1 Å². The van der Waals surface area contributed by atoms with Crippen molar-refractivity contribution in [3.63, 3.8) is 0 Å². The van der Waals surface area contributed by atoms with Gasteiger partial charge in [-0.05, 0) is 30.5 Å². The van der Waals surface area contributed by atoms with Crippen LogP contribution in [-0.4, -0.2) is 65.8 Å². The first kappa shape index (κ1) is 31.3. The Labute approximate surface area is 239 Å². The SMILES string of the molecule is CS(=O)(=O)CC(=O)Nc1c2c(nn1Cc1nc(C(F)(F)F)cs1)C[C@H](CCc1cccc(OCC(F)(F)F)c1)NC2=O. The Kier molecular flexibility index (Phi) is 8.86. The number of hydrogen-bond donors (Lipinski definition) is 2. The van der Waals surface area contributed by atoms with Gasteiger partial charge in [-0.2, -0.15) is 31.4 Å². The van der Waals surface area contributed by atoms with Gasteiger partial charge in [0, 0.05) is 24.1 Å². The highest BCUT2D eigenvalue weighted by atomic mass is 32.2. The summed E-state index contributed by atoms with van der Waals surface area (Å²) in [5.41, 5.74) is -0.317. The number of hydrogen-bond acceptors (Lipinski definition) is 8. The van der Waals surface area contributed by atoms with Crippen LogP contribution in [0, 0.1) is 0 Å². The fourth-order valence-electron chi connectivity index (χ4n) is 4.20. The van der Waals surface area contributed by atoms with Crippen molar-refractivity contribution in [2.75, 3.05) is 23.9 Å². The number of thiazole rings is 1. The number of amides is 2. The number of anilines is 1. The van der Waals surface area contributed by atoms with Crippen LogP contribution in [-0.2, 0) is 40.2 Å². The van der Waals surface area contributed by atoms with Crippen molar-refractivity contribution in [1.82, 2.24) is 20.1 Å². The number of carbonyl (C=O) groups excluding carboxylic acids is 2. The molecule has 1 atom stereocenters. The first-order chi connectivity index (χ1) is 19.5. The molecule has 1 aromatic carbocycles. The molecule has 4 rings (SSSR count). The second-order valence-electron chi connectivity index (χ2n) is 9.53. The number of alkyl halides is 6. The van der Waals surface area contributed by atoms with Crippen molar-refractivity contribution in [1.29, 1.82) is 0 Å². The lowest BCUT2D eigenvalue weighted by Gasteiger charge is -2.23. The summed E-state index contributed by atoms with van der Waals surface area (Å²) in [5.74, 6) is -2.69. The van der Waals surface area contributed by atoms with Crippen LogP contribution in [0.1, 0.15) is 38.7 Å². The van der Waals surface area contributed by atoms with Crippen molar-refractivity contribution in [2.24, 2.45) is 0 Å². The number of fused-ring (bicyclic) bond motifs is 1. The standard InChI is InChI=1S/C24H23F6N5O5S2/c1-42(38,39)11-18(36)33-21-20-16(34-35(21)9-19-32-17(10-41-19)24(28,29)30)8-14(31-22(20)37)6-5-13-3-2-4-15(7-13)40-12-23(25,26)27/h2-4,7,10,14H,5-6,8-9,11-12H2,1H3,(H,31,37)(H,33,36)/t14-/m0/s1. The summed E-state index contributed by atoms with van der Waals surface area (Å²) < 4.78 is 106. The smallest absolute Gasteiger partial charge is 0.434 e. The van der Waals surface area contributed by atoms with Crippen LogP contribution in [0.3, 0.4) is 0 Å². The summed E-state index contributed by atoms with van der Waals surface area (Å²) in [7, 11) is -3.74. The molecule has 1 aliphatic rings. The fourth-order valence-corrected chi connectivity index (χ4v) is 5.53. The van der Waals surface area contributed by atoms with Gasteiger partial charge in [-0.3, -0.25) is 9.59 Å². The van der Waals surface area contributed by atoms with Gasteiger partial charge in [-0.15, -0.1) is 11.3 Å². The number of halogens is 6. The molecule has 10 nitrogen and oxygen atoms in total. The second-order valence-corrected chi connectivity index (χ2v) is 12.6. The number of carbonyl (C=O) groups is 2. The Morgan fingerprint density at radius 2 is 1.98 bits per heavy atom. The van der Waals surface area contributed by atoms with E-state index in [0.29, 0.717) is 29.7 Å². The number of ether oxygens (including phenoxy) is 1. The zero-order valence-corrected chi connectivity index (χ0v) is 23.3. The van der Waals surface area contributed by atoms with Gasteiger partial charge < -0.3 is 15.4 Å². The summed E-state index contributed by atoms with van der Waals surface area (Å²) in [6.45, 7) is -1.78. The predicted molar refractivity (Wildman–Crippen MR) is 138 cm³/mol. The summed E-state index contributed by atoms with van der Waals surface area (Å²) in [6, 6.07) is 5.58. The molecule has 2 N–H and O–H groups in total. The van der Waals surface area contributed by atoms with E-state index < -0.39 is 58.1 Å². The number of sulfone groups is 1. The normalized spacial score (nSPS) is 15.7. The molecule has 3 heterocycles. The molecule has 0 radical (unpaired) electrons. The molecule has 0 saturated carbocycles. The maximum atomic E-state index is 13.1. The second kappa shape index (κ2) is 11.9. The molecular formula is C24H23F6N5O5S2. The van der Waals surface area contributed by atoms with E-state index >= 15 is 0 Å². The van der Waals surface area contributed by atoms with E-state index in [2.05, 4.69) is 20.7 Å². The van der Waals surface area contributed by atoms with E-state index in [9.17, 15) is 44.3 Å². The van der Waals surface area contributed by atoms with Gasteiger partial charge >= 0.3 is 12.4 Å². The molecule has 18 heteroatoms. The molecule has 0 fully saturated rings. The molecule has 228 valence electrons. The van der Waals surface area contributed by atoms with Crippen LogP contribution in [0.15, 0.2) is 29.6 Å². The number of nitrogens with zero attached hydrogens (tertiary/aromatic N) is 3. The quantitative estimate of drug-likeness (QED) is 0.324. The first-order valence-corrected chi connectivity index (χ1v) is 15.1. The summed E-state index contributed by atoms with van der Waals surface area (Å²) in [5, 5.41) is 10.2. The molecular weight excluding hydrogens is 616 g/mol. The Morgan fingerprint density at radius 3 is 2.62 bits per heavy atom. The molecule has 0 saturated heterocycles. The van der Waals surface area contributed by atoms with Crippen molar-refractivity contribution in [3.05, 3.63) is 57.2 Å². The van der Waals surface area contributed by atoms with Gasteiger partial charge in [0.05, 0.1) is 12.2 Å². The first-order valence-electron chi connectivity index (χ1n) is 12.1. The van der Waals surface area contributed by atoms with E-state index in [0.717, 1.165) is 16.3 Å². The Morgan fingerprint density at radius 1 is 1.24 bits per heavy atom. The van der Waals surface area contributed by atoms with Gasteiger partial charge in [0.15, 0.2) is 22.1 Å². The maximum absolute atomic E-state index is 13.1. The Hall–Kier alpha value is -3.67. The van der Waals surface area contributed by atoms with Crippen LogP contribution in [0.4, 0.5) is 32.2 Å². The zero-order valence-electron chi connectivity index (χ0n) is 21.7. The number of rotatable bonds is 10. The fraction of sp³-hybridized carbons (Fsp3) is 0.417. The summed E-state index contributed by atoms with van der Waals surface area (Å²) in [6.07, 6.45) is -7.49. The van der Waals surface area contributed by atoms with Crippen molar-refractivity contribution < 1.29 is 49.1 Å². The largest absolute Gasteiger partial charge is 0.484 e. The van der Waals surface area contributed by atoms with E-state index in [-0.39, 0.29) is 40.8 Å². The van der Waals surface area contributed by atoms with E-state index in [1.807, 2.05) is 0 Å². The molecule has 0 aliphatic carbocycles.